The van der Waals surface area contributed by atoms with E-state index < -0.39 is 0 Å². The summed E-state index contributed by atoms with van der Waals surface area (Å²) in [6.45, 7) is 9.20. The van der Waals surface area contributed by atoms with Crippen LogP contribution in [0.15, 0.2) is 52.7 Å². The second-order valence-corrected chi connectivity index (χ2v) is 9.18. The fourth-order valence-electron chi connectivity index (χ4n) is 4.16. The molecule has 0 amide bonds. The molecule has 4 rings (SSSR count). The van der Waals surface area contributed by atoms with Gasteiger partial charge >= 0.3 is 0 Å². The highest BCUT2D eigenvalue weighted by Gasteiger charge is 2.34. The number of nitrogens with one attached hydrogen (secondary N) is 1. The average Bonchev–Trinajstić information content (AvgIpc) is 3.30. The van der Waals surface area contributed by atoms with Gasteiger partial charge in [-0.2, -0.15) is 4.98 Å². The minimum Gasteiger partial charge on any atom is -0.493 e. The largest absolute Gasteiger partial charge is 0.493 e. The zero-order valence-corrected chi connectivity index (χ0v) is 21.2. The van der Waals surface area contributed by atoms with Gasteiger partial charge in [-0.25, -0.2) is 0 Å². The van der Waals surface area contributed by atoms with E-state index in [1.807, 2.05) is 49.4 Å². The Hall–Kier alpha value is -3.39. The van der Waals surface area contributed by atoms with Crippen LogP contribution >= 0.6 is 12.2 Å². The van der Waals surface area contributed by atoms with Crippen LogP contribution in [0.3, 0.4) is 0 Å². The zero-order valence-electron chi connectivity index (χ0n) is 20.4. The van der Waals surface area contributed by atoms with Gasteiger partial charge in [0.15, 0.2) is 16.6 Å². The van der Waals surface area contributed by atoms with Crippen molar-refractivity contribution in [1.29, 1.82) is 0 Å². The third-order valence-electron chi connectivity index (χ3n) is 5.82. The molecule has 0 saturated heterocycles. The lowest BCUT2D eigenvalue weighted by Gasteiger charge is -2.38. The van der Waals surface area contributed by atoms with Crippen LogP contribution in [0.25, 0.3) is 17.0 Å². The summed E-state index contributed by atoms with van der Waals surface area (Å²) in [4.78, 5) is 6.89. The molecule has 2 heterocycles. The van der Waals surface area contributed by atoms with Gasteiger partial charge in [-0.3, -0.25) is 0 Å². The van der Waals surface area contributed by atoms with Crippen molar-refractivity contribution in [2.24, 2.45) is 5.92 Å². The van der Waals surface area contributed by atoms with Gasteiger partial charge in [0.2, 0.25) is 5.82 Å². The normalized spacial score (nSPS) is 16.1. The molecule has 0 aliphatic carbocycles. The Labute approximate surface area is 205 Å². The molecule has 0 bridgehead atoms. The van der Waals surface area contributed by atoms with Crippen LogP contribution < -0.4 is 14.8 Å². The van der Waals surface area contributed by atoms with Gasteiger partial charge < -0.3 is 24.2 Å². The first-order valence-electron chi connectivity index (χ1n) is 11.2. The van der Waals surface area contributed by atoms with Crippen molar-refractivity contribution >= 4 is 22.9 Å². The topological polar surface area (TPSA) is 72.7 Å². The predicted molar refractivity (Wildman–Crippen MR) is 137 cm³/mol. The summed E-state index contributed by atoms with van der Waals surface area (Å²) >= 11 is 5.77. The Morgan fingerprint density at radius 2 is 1.85 bits per heavy atom. The number of methoxy groups -OCH3 is 2. The molecule has 0 radical (unpaired) electrons. The number of aryl methyl sites for hydroxylation is 1. The number of ether oxygens (including phenoxy) is 2. The molecule has 1 N–H and O–H groups in total. The number of hydrogen-bond acceptors (Lipinski definition) is 6. The zero-order chi connectivity index (χ0) is 24.4. The average molecular weight is 479 g/mol. The van der Waals surface area contributed by atoms with Gasteiger partial charge in [-0.15, -0.1) is 0 Å². The van der Waals surface area contributed by atoms with E-state index in [0.29, 0.717) is 34.2 Å². The fourth-order valence-corrected chi connectivity index (χ4v) is 4.49. The minimum atomic E-state index is -0.290. The first-order chi connectivity index (χ1) is 16.3. The smallest absolute Gasteiger partial charge is 0.258 e. The maximum Gasteiger partial charge on any atom is 0.258 e. The number of rotatable bonds is 7. The maximum atomic E-state index is 5.83. The van der Waals surface area contributed by atoms with Gasteiger partial charge in [0.25, 0.3) is 5.89 Å². The molecule has 1 aliphatic rings. The maximum absolute atomic E-state index is 5.83. The van der Waals surface area contributed by atoms with Crippen molar-refractivity contribution in [1.82, 2.24) is 20.4 Å². The fraction of sp³-hybridized carbons (Fsp3) is 0.346. The Kier molecular flexibility index (Phi) is 6.88. The van der Waals surface area contributed by atoms with E-state index in [4.69, 9.17) is 31.2 Å². The second-order valence-electron chi connectivity index (χ2n) is 8.79. The number of hydrogen-bond donors (Lipinski definition) is 1. The lowest BCUT2D eigenvalue weighted by atomic mass is 9.94. The summed E-state index contributed by atoms with van der Waals surface area (Å²) in [6, 6.07) is 13.6. The van der Waals surface area contributed by atoms with Gasteiger partial charge in [0.05, 0.1) is 25.8 Å². The van der Waals surface area contributed by atoms with E-state index in [-0.39, 0.29) is 6.04 Å². The van der Waals surface area contributed by atoms with Crippen LogP contribution in [0.5, 0.6) is 11.5 Å². The highest BCUT2D eigenvalue weighted by molar-refractivity contribution is 7.80. The summed E-state index contributed by atoms with van der Waals surface area (Å²) in [7, 11) is 3.25. The molecule has 1 aliphatic heterocycles. The van der Waals surface area contributed by atoms with Crippen LogP contribution in [0.4, 0.5) is 0 Å². The molecule has 1 unspecified atom stereocenters. The number of nitrogens with zero attached hydrogens (tertiary/aromatic N) is 3. The molecule has 0 saturated carbocycles. The summed E-state index contributed by atoms with van der Waals surface area (Å²) < 4.78 is 16.8. The predicted octanol–water partition coefficient (Wildman–Crippen LogP) is 5.38. The van der Waals surface area contributed by atoms with Gasteiger partial charge in [0, 0.05) is 17.8 Å². The van der Waals surface area contributed by atoms with Crippen molar-refractivity contribution in [3.63, 3.8) is 0 Å². The van der Waals surface area contributed by atoms with Crippen LogP contribution in [0, 0.1) is 12.8 Å². The number of thiocarbonyl (C=S) groups is 1. The van der Waals surface area contributed by atoms with Crippen LogP contribution in [0.2, 0.25) is 0 Å². The third-order valence-corrected chi connectivity index (χ3v) is 6.16. The van der Waals surface area contributed by atoms with Crippen molar-refractivity contribution in [2.75, 3.05) is 20.8 Å². The molecule has 2 aromatic carbocycles. The standard InChI is InChI=1S/C26H30N4O3S/c1-15(2)14-30-17(4)22(25-28-24(29-33-25)19-9-7-8-16(3)12-19)23(27-26(30)34)18-10-11-20(31-5)21(13-18)32-6/h7-13,15,23H,14H2,1-6H3,(H,27,34). The SMILES string of the molecule is COc1ccc(C2NC(=S)N(CC(C)C)C(C)=C2c2nc(-c3cccc(C)c3)no2)cc1OC. The summed E-state index contributed by atoms with van der Waals surface area (Å²) in [5.41, 5.74) is 4.86. The summed E-state index contributed by atoms with van der Waals surface area (Å²) in [5, 5.41) is 8.44. The molecule has 0 spiro atoms. The van der Waals surface area contributed by atoms with Crippen molar-refractivity contribution < 1.29 is 14.0 Å². The third kappa shape index (κ3) is 4.63. The highest BCUT2D eigenvalue weighted by atomic mass is 32.1. The molecule has 0 fully saturated rings. The summed E-state index contributed by atoms with van der Waals surface area (Å²) in [6.07, 6.45) is 0. The van der Waals surface area contributed by atoms with E-state index >= 15 is 0 Å². The van der Waals surface area contributed by atoms with E-state index in [1.165, 1.54) is 0 Å². The van der Waals surface area contributed by atoms with E-state index in [0.717, 1.165) is 34.5 Å². The molecule has 7 nitrogen and oxygen atoms in total. The molecular weight excluding hydrogens is 448 g/mol. The van der Waals surface area contributed by atoms with Crippen molar-refractivity contribution in [3.8, 4) is 22.9 Å². The van der Waals surface area contributed by atoms with Gasteiger partial charge in [-0.1, -0.05) is 48.8 Å². The second kappa shape index (κ2) is 9.85. The molecule has 8 heteroatoms. The highest BCUT2D eigenvalue weighted by Crippen LogP contribution is 2.40. The van der Waals surface area contributed by atoms with E-state index in [9.17, 15) is 0 Å². The van der Waals surface area contributed by atoms with Gasteiger partial charge in [0.1, 0.15) is 0 Å². The minimum absolute atomic E-state index is 0.290. The molecule has 3 aromatic rings. The number of aromatic nitrogens is 2. The van der Waals surface area contributed by atoms with E-state index in [2.05, 4.69) is 36.1 Å². The molecule has 1 aromatic heterocycles. The molecular formula is C26H30N4O3S. The van der Waals surface area contributed by atoms with Crippen molar-refractivity contribution in [3.05, 3.63) is 65.2 Å². The molecule has 34 heavy (non-hydrogen) atoms. The lowest BCUT2D eigenvalue weighted by Crippen LogP contribution is -2.47. The monoisotopic (exact) mass is 478 g/mol. The van der Waals surface area contributed by atoms with Gasteiger partial charge in [-0.05, 0) is 55.7 Å². The Morgan fingerprint density at radius 3 is 2.53 bits per heavy atom. The number of allylic oxidation sites excluding steroid dienone is 1. The first kappa shape index (κ1) is 23.8. The van der Waals surface area contributed by atoms with Crippen LogP contribution in [-0.4, -0.2) is 40.9 Å². The first-order valence-corrected chi connectivity index (χ1v) is 11.6. The lowest BCUT2D eigenvalue weighted by molar-refractivity contribution is 0.354. The summed E-state index contributed by atoms with van der Waals surface area (Å²) in [5.74, 6) is 2.72. The molecule has 178 valence electrons. The Morgan fingerprint density at radius 1 is 1.09 bits per heavy atom. The Balaban J connectivity index is 1.83. The number of benzene rings is 2. The van der Waals surface area contributed by atoms with Crippen molar-refractivity contribution in [2.45, 2.75) is 33.7 Å². The molecule has 1 atom stereocenters. The van der Waals surface area contributed by atoms with Crippen LogP contribution in [-0.2, 0) is 0 Å². The Bertz CT molecular complexity index is 1230. The quantitative estimate of drug-likeness (QED) is 0.454. The van der Waals surface area contributed by atoms with E-state index in [1.54, 1.807) is 14.2 Å². The van der Waals surface area contributed by atoms with Crippen LogP contribution in [0.1, 0.15) is 43.8 Å².